The second-order valence-corrected chi connectivity index (χ2v) is 9.14. The fraction of sp³-hybridized carbons (Fsp3) is 0.481. The van der Waals surface area contributed by atoms with Gasteiger partial charge in [-0.05, 0) is 25.8 Å². The molecule has 1 aliphatic rings. The number of hydrogen-bond donors (Lipinski definition) is 3. The fourth-order valence-electron chi connectivity index (χ4n) is 4.19. The molecule has 0 bridgehead atoms. The van der Waals surface area contributed by atoms with E-state index in [0.717, 1.165) is 0 Å². The lowest BCUT2D eigenvalue weighted by Gasteiger charge is -2.35. The summed E-state index contributed by atoms with van der Waals surface area (Å²) in [6.45, 7) is 4.83. The summed E-state index contributed by atoms with van der Waals surface area (Å²) in [5.41, 5.74) is 0.878. The van der Waals surface area contributed by atoms with Crippen LogP contribution in [0.2, 0.25) is 0 Å². The molecule has 3 amide bonds. The van der Waals surface area contributed by atoms with Crippen molar-refractivity contribution in [3.8, 4) is 11.4 Å². The number of aromatic nitrogens is 2. The van der Waals surface area contributed by atoms with Gasteiger partial charge in [-0.1, -0.05) is 43.7 Å². The minimum atomic E-state index is -1.12. The highest BCUT2D eigenvalue weighted by molar-refractivity contribution is 5.96. The number of carboxylic acids is 1. The van der Waals surface area contributed by atoms with Gasteiger partial charge in [0, 0.05) is 38.2 Å². The predicted octanol–water partition coefficient (Wildman–Crippen LogP) is 2.24. The van der Waals surface area contributed by atoms with Crippen LogP contribution in [0.5, 0.6) is 0 Å². The van der Waals surface area contributed by atoms with Gasteiger partial charge in [-0.25, -0.2) is 14.8 Å². The molecule has 0 spiro atoms. The minimum absolute atomic E-state index is 0.0470. The van der Waals surface area contributed by atoms with E-state index in [1.165, 1.54) is 15.9 Å². The highest BCUT2D eigenvalue weighted by Crippen LogP contribution is 2.22. The number of carbonyl (C=O) groups excluding carboxylic acids is 3. The molecule has 0 saturated carbocycles. The van der Waals surface area contributed by atoms with Crippen molar-refractivity contribution in [2.45, 2.75) is 51.7 Å². The lowest BCUT2D eigenvalue weighted by molar-refractivity contribution is -0.138. The third kappa shape index (κ3) is 8.21. The number of nitrogens with one attached hydrogen (secondary N) is 1. The van der Waals surface area contributed by atoms with Crippen molar-refractivity contribution in [2.24, 2.45) is 0 Å². The molecule has 2 heterocycles. The average molecular weight is 542 g/mol. The molecule has 2 aromatic rings. The summed E-state index contributed by atoms with van der Waals surface area (Å²) in [6, 6.07) is 9.26. The second-order valence-electron chi connectivity index (χ2n) is 9.14. The first-order valence-corrected chi connectivity index (χ1v) is 13.1. The number of amides is 3. The maximum Gasteiger partial charge on any atom is 0.409 e. The molecule has 0 aliphatic carbocycles. The second kappa shape index (κ2) is 14.2. The van der Waals surface area contributed by atoms with Gasteiger partial charge in [0.2, 0.25) is 5.91 Å². The van der Waals surface area contributed by atoms with Crippen LogP contribution in [0.1, 0.15) is 61.8 Å². The van der Waals surface area contributed by atoms with Gasteiger partial charge in [-0.2, -0.15) is 0 Å². The highest BCUT2D eigenvalue weighted by atomic mass is 16.6. The van der Waals surface area contributed by atoms with Gasteiger partial charge in [-0.15, -0.1) is 0 Å². The van der Waals surface area contributed by atoms with E-state index >= 15 is 0 Å². The predicted molar refractivity (Wildman–Crippen MR) is 141 cm³/mol. The number of aliphatic hydroxyl groups excluding tert-OH is 1. The standard InChI is InChI=1S/C27H35N5O7/c1-3-8-22(33)20-17-21(29-24(28-20)18-9-6-5-7-10-18)25(36)30-19(11-12-23(34)35)26(37)31-13-15-32(16-14-31)27(38)39-4-2/h5-7,9-10,17,19,22,33H,3-4,8,11-16H2,1-2H3,(H,30,36)(H,34,35). The van der Waals surface area contributed by atoms with Gasteiger partial charge in [-0.3, -0.25) is 14.4 Å². The number of piperazine rings is 1. The SMILES string of the molecule is CCCC(O)c1cc(C(=O)NC(CCC(=O)O)C(=O)N2CCN(C(=O)OCC)CC2)nc(-c2ccccc2)n1. The third-order valence-electron chi connectivity index (χ3n) is 6.28. The number of ether oxygens (including phenoxy) is 1. The van der Waals surface area contributed by atoms with E-state index in [2.05, 4.69) is 15.3 Å². The zero-order valence-electron chi connectivity index (χ0n) is 22.2. The van der Waals surface area contributed by atoms with E-state index in [9.17, 15) is 29.4 Å². The molecule has 210 valence electrons. The Morgan fingerprint density at radius 2 is 1.67 bits per heavy atom. The maximum absolute atomic E-state index is 13.3. The molecule has 12 heteroatoms. The average Bonchev–Trinajstić information content (AvgIpc) is 2.95. The number of nitrogens with zero attached hydrogens (tertiary/aromatic N) is 4. The van der Waals surface area contributed by atoms with E-state index in [0.29, 0.717) is 18.4 Å². The molecule has 1 aromatic heterocycles. The largest absolute Gasteiger partial charge is 0.481 e. The van der Waals surface area contributed by atoms with Crippen LogP contribution in [-0.2, 0) is 14.3 Å². The van der Waals surface area contributed by atoms with Crippen molar-refractivity contribution < 1.29 is 34.1 Å². The summed E-state index contributed by atoms with van der Waals surface area (Å²) in [7, 11) is 0. The summed E-state index contributed by atoms with van der Waals surface area (Å²) < 4.78 is 5.01. The van der Waals surface area contributed by atoms with Crippen molar-refractivity contribution in [1.29, 1.82) is 0 Å². The number of aliphatic hydroxyl groups is 1. The molecule has 12 nitrogen and oxygen atoms in total. The minimum Gasteiger partial charge on any atom is -0.481 e. The molecular weight excluding hydrogens is 506 g/mol. The number of rotatable bonds is 11. The maximum atomic E-state index is 13.3. The summed E-state index contributed by atoms with van der Waals surface area (Å²) in [5, 5.41) is 22.5. The Morgan fingerprint density at radius 1 is 1.00 bits per heavy atom. The Hall–Kier alpha value is -4.06. The normalized spacial score (nSPS) is 14.8. The van der Waals surface area contributed by atoms with Gasteiger partial charge in [0.1, 0.15) is 11.7 Å². The van der Waals surface area contributed by atoms with Gasteiger partial charge < -0.3 is 30.1 Å². The van der Waals surface area contributed by atoms with Gasteiger partial charge >= 0.3 is 12.1 Å². The highest BCUT2D eigenvalue weighted by Gasteiger charge is 2.31. The van der Waals surface area contributed by atoms with E-state index in [4.69, 9.17) is 4.74 Å². The Labute approximate surface area is 227 Å². The van der Waals surface area contributed by atoms with Crippen molar-refractivity contribution in [3.63, 3.8) is 0 Å². The zero-order valence-corrected chi connectivity index (χ0v) is 22.2. The number of carbonyl (C=O) groups is 4. The fourth-order valence-corrected chi connectivity index (χ4v) is 4.19. The first-order chi connectivity index (χ1) is 18.7. The van der Waals surface area contributed by atoms with E-state index < -0.39 is 36.0 Å². The Bertz CT molecular complexity index is 1150. The Kier molecular flexibility index (Phi) is 10.7. The summed E-state index contributed by atoms with van der Waals surface area (Å²) in [5.74, 6) is -1.99. The van der Waals surface area contributed by atoms with E-state index in [-0.39, 0.29) is 62.8 Å². The molecule has 2 unspecified atom stereocenters. The molecule has 1 fully saturated rings. The zero-order chi connectivity index (χ0) is 28.4. The first kappa shape index (κ1) is 29.5. The molecular formula is C27H35N5O7. The summed E-state index contributed by atoms with van der Waals surface area (Å²) >= 11 is 0. The van der Waals surface area contributed by atoms with Crippen molar-refractivity contribution in [1.82, 2.24) is 25.1 Å². The van der Waals surface area contributed by atoms with E-state index in [1.807, 2.05) is 13.0 Å². The number of aliphatic carboxylic acids is 1. The van der Waals surface area contributed by atoms with Crippen LogP contribution in [-0.4, -0.2) is 92.7 Å². The van der Waals surface area contributed by atoms with Crippen molar-refractivity contribution in [3.05, 3.63) is 47.8 Å². The quantitative estimate of drug-likeness (QED) is 0.387. The van der Waals surface area contributed by atoms with Crippen LogP contribution in [0.4, 0.5) is 4.79 Å². The summed E-state index contributed by atoms with van der Waals surface area (Å²) in [6.07, 6.45) is -0.697. The van der Waals surface area contributed by atoms with Crippen LogP contribution in [0.3, 0.4) is 0 Å². The van der Waals surface area contributed by atoms with Crippen molar-refractivity contribution >= 4 is 23.9 Å². The molecule has 3 rings (SSSR count). The van der Waals surface area contributed by atoms with Crippen LogP contribution in [0.15, 0.2) is 36.4 Å². The van der Waals surface area contributed by atoms with Gasteiger partial charge in [0.05, 0.1) is 18.4 Å². The van der Waals surface area contributed by atoms with Crippen molar-refractivity contribution in [2.75, 3.05) is 32.8 Å². The van der Waals surface area contributed by atoms with Crippen LogP contribution in [0.25, 0.3) is 11.4 Å². The lowest BCUT2D eigenvalue weighted by Crippen LogP contribution is -2.56. The molecule has 39 heavy (non-hydrogen) atoms. The monoisotopic (exact) mass is 541 g/mol. The molecule has 1 aromatic carbocycles. The molecule has 2 atom stereocenters. The third-order valence-corrected chi connectivity index (χ3v) is 6.28. The van der Waals surface area contributed by atoms with Crippen LogP contribution < -0.4 is 5.32 Å². The number of benzene rings is 1. The molecule has 0 radical (unpaired) electrons. The van der Waals surface area contributed by atoms with Crippen LogP contribution in [0, 0.1) is 0 Å². The van der Waals surface area contributed by atoms with E-state index in [1.54, 1.807) is 31.2 Å². The first-order valence-electron chi connectivity index (χ1n) is 13.1. The van der Waals surface area contributed by atoms with Crippen LogP contribution >= 0.6 is 0 Å². The van der Waals surface area contributed by atoms with Gasteiger partial charge in [0.25, 0.3) is 5.91 Å². The molecule has 1 saturated heterocycles. The molecule has 1 aliphatic heterocycles. The smallest absolute Gasteiger partial charge is 0.409 e. The topological polar surface area (TPSA) is 162 Å². The molecule has 3 N–H and O–H groups in total. The number of carboxylic acid groups (broad SMARTS) is 1. The lowest BCUT2D eigenvalue weighted by atomic mass is 10.1. The Balaban J connectivity index is 1.82. The summed E-state index contributed by atoms with van der Waals surface area (Å²) in [4.78, 5) is 61.8. The number of hydrogen-bond acceptors (Lipinski definition) is 8. The van der Waals surface area contributed by atoms with Gasteiger partial charge in [0.15, 0.2) is 5.82 Å². The Morgan fingerprint density at radius 3 is 2.28 bits per heavy atom.